The second-order valence-electron chi connectivity index (χ2n) is 4.96. The largest absolute Gasteiger partial charge is 0.469 e. The zero-order chi connectivity index (χ0) is 14.1. The van der Waals surface area contributed by atoms with Gasteiger partial charge in [-0.25, -0.2) is 0 Å². The van der Waals surface area contributed by atoms with E-state index in [0.717, 1.165) is 22.9 Å². The lowest BCUT2D eigenvalue weighted by atomic mass is 9.89. The van der Waals surface area contributed by atoms with Crippen LogP contribution in [0.3, 0.4) is 0 Å². The van der Waals surface area contributed by atoms with E-state index >= 15 is 0 Å². The molecule has 0 fully saturated rings. The summed E-state index contributed by atoms with van der Waals surface area (Å²) < 4.78 is 4.71. The predicted molar refractivity (Wildman–Crippen MR) is 74.4 cm³/mol. The molecule has 5 nitrogen and oxygen atoms in total. The molecular weight excluding hydrogens is 256 g/mol. The van der Waals surface area contributed by atoms with E-state index in [2.05, 4.69) is 10.3 Å². The Labute approximate surface area is 116 Å². The summed E-state index contributed by atoms with van der Waals surface area (Å²) in [5.74, 6) is -0.990. The second-order valence-corrected chi connectivity index (χ2v) is 4.96. The van der Waals surface area contributed by atoms with Crippen LogP contribution < -0.4 is 5.32 Å². The highest BCUT2D eigenvalue weighted by Crippen LogP contribution is 2.32. The Hall–Kier alpha value is -2.30. The van der Waals surface area contributed by atoms with Gasteiger partial charge in [0.25, 0.3) is 0 Å². The van der Waals surface area contributed by atoms with Gasteiger partial charge in [0.15, 0.2) is 0 Å². The normalized spacial score (nSPS) is 18.2. The number of H-pyrrole nitrogens is 1. The van der Waals surface area contributed by atoms with Crippen molar-refractivity contribution in [2.45, 2.75) is 18.8 Å². The van der Waals surface area contributed by atoms with Crippen LogP contribution in [0.2, 0.25) is 0 Å². The quantitative estimate of drug-likeness (QED) is 0.814. The smallest absolute Gasteiger partial charge is 0.306 e. The molecule has 1 aliphatic heterocycles. The first-order chi connectivity index (χ1) is 9.70. The molecule has 1 amide bonds. The van der Waals surface area contributed by atoms with Crippen LogP contribution in [0.25, 0.3) is 10.9 Å². The first-order valence-electron chi connectivity index (χ1n) is 6.64. The summed E-state index contributed by atoms with van der Waals surface area (Å²) in [6.45, 7) is 0.581. The molecule has 0 radical (unpaired) electrons. The Morgan fingerprint density at radius 1 is 1.45 bits per heavy atom. The van der Waals surface area contributed by atoms with Crippen molar-refractivity contribution in [3.8, 4) is 0 Å². The molecule has 0 aliphatic carbocycles. The van der Waals surface area contributed by atoms with Gasteiger partial charge in [-0.1, -0.05) is 12.1 Å². The maximum atomic E-state index is 12.3. The van der Waals surface area contributed by atoms with Crippen LogP contribution in [0, 0.1) is 0 Å². The molecule has 1 aromatic heterocycles. The van der Waals surface area contributed by atoms with Gasteiger partial charge in [-0.15, -0.1) is 0 Å². The molecule has 2 heterocycles. The standard InChI is InChI=1S/C15H16N2O3/c1-20-13(18)7-11-10-3-2-4-12-14(10)9(8-17-12)5-6-16-15(11)19/h2-4,8,11,17H,5-7H2,1H3,(H,16,19). The van der Waals surface area contributed by atoms with Crippen molar-refractivity contribution in [1.29, 1.82) is 0 Å². The fourth-order valence-electron chi connectivity index (χ4n) is 2.81. The minimum absolute atomic E-state index is 0.0616. The van der Waals surface area contributed by atoms with Crippen LogP contribution in [-0.2, 0) is 20.7 Å². The molecule has 0 saturated heterocycles. The number of ether oxygens (including phenoxy) is 1. The minimum Gasteiger partial charge on any atom is -0.469 e. The van der Waals surface area contributed by atoms with E-state index in [4.69, 9.17) is 4.74 Å². The molecule has 1 aromatic carbocycles. The molecular formula is C15H16N2O3. The Morgan fingerprint density at radius 3 is 3.10 bits per heavy atom. The molecule has 3 rings (SSSR count). The number of nitrogens with one attached hydrogen (secondary N) is 2. The lowest BCUT2D eigenvalue weighted by molar-refractivity contribution is -0.142. The third-order valence-electron chi connectivity index (χ3n) is 3.80. The van der Waals surface area contributed by atoms with E-state index in [9.17, 15) is 9.59 Å². The average molecular weight is 272 g/mol. The number of methoxy groups -OCH3 is 1. The molecule has 2 aromatic rings. The van der Waals surface area contributed by atoms with Crippen molar-refractivity contribution in [3.05, 3.63) is 35.5 Å². The highest BCUT2D eigenvalue weighted by atomic mass is 16.5. The van der Waals surface area contributed by atoms with Crippen LogP contribution >= 0.6 is 0 Å². The monoisotopic (exact) mass is 272 g/mol. The van der Waals surface area contributed by atoms with Gasteiger partial charge in [0.05, 0.1) is 19.4 Å². The highest BCUT2D eigenvalue weighted by molar-refractivity contribution is 5.96. The third-order valence-corrected chi connectivity index (χ3v) is 3.80. The van der Waals surface area contributed by atoms with Crippen molar-refractivity contribution >= 4 is 22.8 Å². The Balaban J connectivity index is 2.15. The fraction of sp³-hybridized carbons (Fsp3) is 0.333. The molecule has 104 valence electrons. The first kappa shape index (κ1) is 12.7. The van der Waals surface area contributed by atoms with Crippen LogP contribution in [-0.4, -0.2) is 30.5 Å². The van der Waals surface area contributed by atoms with Gasteiger partial charge < -0.3 is 15.0 Å². The SMILES string of the molecule is COC(=O)CC1C(=O)NCCc2c[nH]c3cccc1c23. The van der Waals surface area contributed by atoms with Crippen LogP contribution in [0.5, 0.6) is 0 Å². The predicted octanol–water partition coefficient (Wildman–Crippen LogP) is 1.49. The average Bonchev–Trinajstić information content (AvgIpc) is 2.86. The van der Waals surface area contributed by atoms with Gasteiger partial charge in [-0.2, -0.15) is 0 Å². The number of carbonyl (C=O) groups is 2. The van der Waals surface area contributed by atoms with E-state index in [1.165, 1.54) is 12.7 Å². The zero-order valence-electron chi connectivity index (χ0n) is 11.2. The summed E-state index contributed by atoms with van der Waals surface area (Å²) in [7, 11) is 1.34. The van der Waals surface area contributed by atoms with Gasteiger partial charge in [0.1, 0.15) is 0 Å². The maximum absolute atomic E-state index is 12.3. The molecule has 0 spiro atoms. The summed E-state index contributed by atoms with van der Waals surface area (Å²) in [6.07, 6.45) is 2.82. The Morgan fingerprint density at radius 2 is 2.30 bits per heavy atom. The molecule has 0 saturated carbocycles. The topological polar surface area (TPSA) is 71.2 Å². The van der Waals surface area contributed by atoms with E-state index in [1.807, 2.05) is 24.4 Å². The van der Waals surface area contributed by atoms with E-state index < -0.39 is 5.92 Å². The third kappa shape index (κ3) is 2.05. The highest BCUT2D eigenvalue weighted by Gasteiger charge is 2.28. The van der Waals surface area contributed by atoms with Crippen molar-refractivity contribution < 1.29 is 14.3 Å². The fourth-order valence-corrected chi connectivity index (χ4v) is 2.81. The first-order valence-corrected chi connectivity index (χ1v) is 6.64. The molecule has 20 heavy (non-hydrogen) atoms. The Kier molecular flexibility index (Phi) is 3.18. The number of rotatable bonds is 2. The van der Waals surface area contributed by atoms with Gasteiger partial charge in [-0.05, 0) is 23.6 Å². The number of hydrogen-bond acceptors (Lipinski definition) is 3. The van der Waals surface area contributed by atoms with Crippen LogP contribution in [0.15, 0.2) is 24.4 Å². The second kappa shape index (κ2) is 5.00. The van der Waals surface area contributed by atoms with Gasteiger partial charge in [-0.3, -0.25) is 9.59 Å². The van der Waals surface area contributed by atoms with Crippen LogP contribution in [0.4, 0.5) is 0 Å². The van der Waals surface area contributed by atoms with Crippen molar-refractivity contribution in [3.63, 3.8) is 0 Å². The number of aromatic amines is 1. The summed E-state index contributed by atoms with van der Waals surface area (Å²) in [4.78, 5) is 27.1. The minimum atomic E-state index is -0.499. The lowest BCUT2D eigenvalue weighted by Gasteiger charge is -2.20. The molecule has 0 bridgehead atoms. The number of carbonyl (C=O) groups excluding carboxylic acids is 2. The number of amides is 1. The molecule has 2 N–H and O–H groups in total. The maximum Gasteiger partial charge on any atom is 0.306 e. The summed E-state index contributed by atoms with van der Waals surface area (Å²) in [6, 6.07) is 5.80. The van der Waals surface area contributed by atoms with Gasteiger partial charge in [0, 0.05) is 23.6 Å². The van der Waals surface area contributed by atoms with Gasteiger partial charge >= 0.3 is 5.97 Å². The van der Waals surface area contributed by atoms with Crippen LogP contribution in [0.1, 0.15) is 23.5 Å². The number of benzene rings is 1. The molecule has 1 atom stereocenters. The molecule has 1 unspecified atom stereocenters. The van der Waals surface area contributed by atoms with E-state index in [-0.39, 0.29) is 18.3 Å². The van der Waals surface area contributed by atoms with Crippen molar-refractivity contribution in [2.75, 3.05) is 13.7 Å². The lowest BCUT2D eigenvalue weighted by Crippen LogP contribution is -2.33. The number of esters is 1. The number of hydrogen-bond donors (Lipinski definition) is 2. The Bertz CT molecular complexity index is 675. The summed E-state index contributed by atoms with van der Waals surface area (Å²) in [5, 5.41) is 3.94. The summed E-state index contributed by atoms with van der Waals surface area (Å²) in [5.41, 5.74) is 3.06. The van der Waals surface area contributed by atoms with Crippen molar-refractivity contribution in [2.24, 2.45) is 0 Å². The number of aromatic nitrogens is 1. The molecule has 1 aliphatic rings. The molecule has 5 heteroatoms. The van der Waals surface area contributed by atoms with Crippen molar-refractivity contribution in [1.82, 2.24) is 10.3 Å². The van der Waals surface area contributed by atoms with Gasteiger partial charge in [0.2, 0.25) is 5.91 Å². The zero-order valence-corrected chi connectivity index (χ0v) is 11.2. The summed E-state index contributed by atoms with van der Waals surface area (Å²) >= 11 is 0. The van der Waals surface area contributed by atoms with E-state index in [1.54, 1.807) is 0 Å². The van der Waals surface area contributed by atoms with E-state index in [0.29, 0.717) is 6.54 Å².